The van der Waals surface area contributed by atoms with Crippen LogP contribution in [-0.4, -0.2) is 106 Å². The number of anilines is 2. The number of nitrogens with one attached hydrogen (secondary N) is 1. The van der Waals surface area contributed by atoms with Gasteiger partial charge in [0.25, 0.3) is 0 Å². The minimum Gasteiger partial charge on any atom is -0.378 e. The van der Waals surface area contributed by atoms with Crippen LogP contribution in [0, 0.1) is 0 Å². The van der Waals surface area contributed by atoms with Crippen LogP contribution in [0.25, 0.3) is 22.3 Å². The molecule has 2 saturated heterocycles. The zero-order valence-electron chi connectivity index (χ0n) is 19.6. The van der Waals surface area contributed by atoms with E-state index in [9.17, 15) is 4.79 Å². The fraction of sp³-hybridized carbons (Fsp3) is 0.545. The smallest absolute Gasteiger partial charge is 0.236 e. The van der Waals surface area contributed by atoms with Gasteiger partial charge in [-0.15, -0.1) is 0 Å². The second-order valence-electron chi connectivity index (χ2n) is 9.03. The van der Waals surface area contributed by atoms with E-state index in [1.54, 1.807) is 12.4 Å². The van der Waals surface area contributed by atoms with E-state index in [-0.39, 0.29) is 17.8 Å². The first-order valence-corrected chi connectivity index (χ1v) is 11.6. The Morgan fingerprint density at radius 3 is 2.53 bits per heavy atom. The molecule has 180 valence electrons. The van der Waals surface area contributed by atoms with Gasteiger partial charge in [0.2, 0.25) is 17.8 Å². The summed E-state index contributed by atoms with van der Waals surface area (Å²) in [6, 6.07) is 0. The maximum atomic E-state index is 12.5. The number of aromatic amines is 1. The van der Waals surface area contributed by atoms with Gasteiger partial charge in [0, 0.05) is 50.1 Å². The van der Waals surface area contributed by atoms with E-state index >= 15 is 0 Å². The Kier molecular flexibility index (Phi) is 6.24. The molecule has 0 atom stereocenters. The third-order valence-corrected chi connectivity index (χ3v) is 6.36. The number of piperidine rings is 1. The average Bonchev–Trinajstić information content (AvgIpc) is 3.28. The molecule has 2 fully saturated rings. The predicted octanol–water partition coefficient (Wildman–Crippen LogP) is 0.496. The molecule has 0 radical (unpaired) electrons. The number of likely N-dealkylation sites (N-methyl/N-ethyl adjacent to an activating group) is 1. The molecule has 34 heavy (non-hydrogen) atoms. The molecule has 12 nitrogen and oxygen atoms in total. The first-order chi connectivity index (χ1) is 16.5. The number of amides is 1. The van der Waals surface area contributed by atoms with Crippen LogP contribution < -0.4 is 10.6 Å². The lowest BCUT2D eigenvalue weighted by atomic mass is 9.91. The Hall–Kier alpha value is -3.38. The molecule has 0 aromatic carbocycles. The number of hydrogen-bond acceptors (Lipinski definition) is 10. The average molecular weight is 467 g/mol. The molecule has 3 aromatic rings. The van der Waals surface area contributed by atoms with Crippen molar-refractivity contribution in [1.82, 2.24) is 39.9 Å². The van der Waals surface area contributed by atoms with E-state index in [1.165, 1.54) is 0 Å². The highest BCUT2D eigenvalue weighted by atomic mass is 16.5. The highest BCUT2D eigenvalue weighted by Crippen LogP contribution is 2.36. The molecule has 0 unspecified atom stereocenters. The SMILES string of the molecule is CN(C)CC(=O)N1CCC(c2n[nH]c3nc(N4CCOCC4)nc(-c4cnc(N)nc4)c23)CC1. The number of morpholine rings is 1. The Labute approximate surface area is 197 Å². The Morgan fingerprint density at radius 2 is 1.85 bits per heavy atom. The predicted molar refractivity (Wildman–Crippen MR) is 127 cm³/mol. The van der Waals surface area contributed by atoms with Crippen LogP contribution >= 0.6 is 0 Å². The fourth-order valence-electron chi connectivity index (χ4n) is 4.58. The number of aromatic nitrogens is 6. The molecule has 3 aromatic heterocycles. The monoisotopic (exact) mass is 466 g/mol. The molecule has 2 aliphatic rings. The molecular formula is C22H30N10O2. The van der Waals surface area contributed by atoms with Gasteiger partial charge in [-0.3, -0.25) is 9.89 Å². The van der Waals surface area contributed by atoms with Crippen molar-refractivity contribution in [1.29, 1.82) is 0 Å². The fourth-order valence-corrected chi connectivity index (χ4v) is 4.58. The second-order valence-corrected chi connectivity index (χ2v) is 9.03. The number of nitrogens with zero attached hydrogens (tertiary/aromatic N) is 8. The summed E-state index contributed by atoms with van der Waals surface area (Å²) in [5, 5.41) is 8.69. The lowest BCUT2D eigenvalue weighted by molar-refractivity contribution is -0.132. The lowest BCUT2D eigenvalue weighted by Gasteiger charge is -2.32. The van der Waals surface area contributed by atoms with Crippen molar-refractivity contribution < 1.29 is 9.53 Å². The van der Waals surface area contributed by atoms with Gasteiger partial charge >= 0.3 is 0 Å². The third-order valence-electron chi connectivity index (χ3n) is 6.36. The molecule has 2 aliphatic heterocycles. The topological polar surface area (TPSA) is 142 Å². The van der Waals surface area contributed by atoms with Crippen LogP contribution in [0.3, 0.4) is 0 Å². The number of fused-ring (bicyclic) bond motifs is 1. The van der Waals surface area contributed by atoms with Crippen molar-refractivity contribution in [2.24, 2.45) is 0 Å². The first kappa shape index (κ1) is 22.4. The Morgan fingerprint density at radius 1 is 1.15 bits per heavy atom. The minimum atomic E-state index is 0.161. The summed E-state index contributed by atoms with van der Waals surface area (Å²) >= 11 is 0. The standard InChI is InChI=1S/C22H30N10O2/c1-30(2)13-16(33)31-5-3-14(4-6-31)19-17-18(15-11-24-21(23)25-12-15)26-22(27-20(17)29-28-19)32-7-9-34-10-8-32/h11-12,14H,3-10,13H2,1-2H3,(H2,23,24,25)(H,26,27,28,29). The number of H-pyrrole nitrogens is 1. The number of carbonyl (C=O) groups excluding carboxylic acids is 1. The van der Waals surface area contributed by atoms with Crippen LogP contribution in [-0.2, 0) is 9.53 Å². The van der Waals surface area contributed by atoms with Crippen molar-refractivity contribution in [2.45, 2.75) is 18.8 Å². The van der Waals surface area contributed by atoms with Crippen LogP contribution in [0.15, 0.2) is 12.4 Å². The highest BCUT2D eigenvalue weighted by Gasteiger charge is 2.29. The van der Waals surface area contributed by atoms with Gasteiger partial charge in [-0.05, 0) is 26.9 Å². The van der Waals surface area contributed by atoms with Crippen molar-refractivity contribution in [3.05, 3.63) is 18.1 Å². The first-order valence-electron chi connectivity index (χ1n) is 11.6. The highest BCUT2D eigenvalue weighted by molar-refractivity contribution is 5.93. The third kappa shape index (κ3) is 4.50. The number of ether oxygens (including phenoxy) is 1. The molecule has 3 N–H and O–H groups in total. The van der Waals surface area contributed by atoms with E-state index in [2.05, 4.69) is 25.1 Å². The summed E-state index contributed by atoms with van der Waals surface area (Å²) < 4.78 is 5.48. The molecule has 0 saturated carbocycles. The van der Waals surface area contributed by atoms with Gasteiger partial charge < -0.3 is 25.2 Å². The quantitative estimate of drug-likeness (QED) is 0.545. The number of carbonyl (C=O) groups is 1. The Balaban J connectivity index is 1.49. The number of nitrogen functional groups attached to an aromatic ring is 1. The number of rotatable bonds is 5. The van der Waals surface area contributed by atoms with Gasteiger partial charge in [0.1, 0.15) is 0 Å². The van der Waals surface area contributed by atoms with Gasteiger partial charge in [0.15, 0.2) is 5.65 Å². The molecule has 0 spiro atoms. The van der Waals surface area contributed by atoms with Gasteiger partial charge in [-0.1, -0.05) is 0 Å². The lowest BCUT2D eigenvalue weighted by Crippen LogP contribution is -2.42. The Bertz CT molecular complexity index is 1150. The summed E-state index contributed by atoms with van der Waals surface area (Å²) in [5.74, 6) is 1.20. The van der Waals surface area contributed by atoms with Crippen LogP contribution in [0.4, 0.5) is 11.9 Å². The minimum absolute atomic E-state index is 0.161. The van der Waals surface area contributed by atoms with Gasteiger partial charge in [-0.2, -0.15) is 10.1 Å². The van der Waals surface area contributed by atoms with Crippen LogP contribution in [0.5, 0.6) is 0 Å². The molecule has 12 heteroatoms. The maximum absolute atomic E-state index is 12.5. The molecule has 0 aliphatic carbocycles. The zero-order chi connectivity index (χ0) is 23.7. The van der Waals surface area contributed by atoms with E-state index < -0.39 is 0 Å². The summed E-state index contributed by atoms with van der Waals surface area (Å²) in [6.45, 7) is 4.57. The van der Waals surface area contributed by atoms with Gasteiger partial charge in [0.05, 0.1) is 36.5 Å². The molecule has 1 amide bonds. The van der Waals surface area contributed by atoms with Crippen LogP contribution in [0.2, 0.25) is 0 Å². The van der Waals surface area contributed by atoms with E-state index in [4.69, 9.17) is 20.4 Å². The zero-order valence-corrected chi connectivity index (χ0v) is 19.6. The second kappa shape index (κ2) is 9.47. The molecule has 5 heterocycles. The maximum Gasteiger partial charge on any atom is 0.236 e. The molecular weight excluding hydrogens is 436 g/mol. The van der Waals surface area contributed by atoms with E-state index in [0.29, 0.717) is 44.4 Å². The number of likely N-dealkylation sites (tertiary alicyclic amines) is 1. The van der Waals surface area contributed by atoms with E-state index in [1.807, 2.05) is 23.9 Å². The largest absolute Gasteiger partial charge is 0.378 e. The normalized spacial score (nSPS) is 17.6. The van der Waals surface area contributed by atoms with E-state index in [0.717, 1.165) is 48.3 Å². The van der Waals surface area contributed by atoms with Crippen LogP contribution in [0.1, 0.15) is 24.5 Å². The summed E-state index contributed by atoms with van der Waals surface area (Å²) in [6.07, 6.45) is 5.04. The number of nitrogens with two attached hydrogens (primary N) is 1. The van der Waals surface area contributed by atoms with Gasteiger partial charge in [-0.25, -0.2) is 15.0 Å². The number of hydrogen-bond donors (Lipinski definition) is 2. The molecule has 0 bridgehead atoms. The van der Waals surface area contributed by atoms with Crippen molar-refractivity contribution in [2.75, 3.05) is 70.7 Å². The summed E-state index contributed by atoms with van der Waals surface area (Å²) in [5.41, 5.74) is 8.84. The van der Waals surface area contributed by atoms with Crippen molar-refractivity contribution >= 4 is 28.8 Å². The molecule has 5 rings (SSSR count). The van der Waals surface area contributed by atoms with Crippen molar-refractivity contribution in [3.8, 4) is 11.3 Å². The summed E-state index contributed by atoms with van der Waals surface area (Å²) in [4.78, 5) is 36.5. The van der Waals surface area contributed by atoms with Crippen molar-refractivity contribution in [3.63, 3.8) is 0 Å². The summed E-state index contributed by atoms with van der Waals surface area (Å²) in [7, 11) is 3.82.